The number of benzene rings is 2. The molecule has 0 fully saturated rings. The monoisotopic (exact) mass is 251 g/mol. The molecule has 0 aliphatic rings. The van der Waals surface area contributed by atoms with E-state index >= 15 is 0 Å². The van der Waals surface area contributed by atoms with E-state index in [0.717, 1.165) is 22.0 Å². The molecule has 1 aromatic heterocycles. The molecule has 3 heteroatoms. The average Bonchev–Trinajstić information content (AvgIpc) is 2.47. The van der Waals surface area contributed by atoms with Crippen LogP contribution in [0.1, 0.15) is 10.4 Å². The number of aldehydes is 1. The molecule has 92 valence electrons. The molecule has 2 nitrogen and oxygen atoms in total. The molecular weight excluding hydrogens is 241 g/mol. The minimum atomic E-state index is -0.507. The summed E-state index contributed by atoms with van der Waals surface area (Å²) in [5.41, 5.74) is 2.58. The van der Waals surface area contributed by atoms with Crippen molar-refractivity contribution in [1.29, 1.82) is 0 Å². The quantitative estimate of drug-likeness (QED) is 0.647. The van der Waals surface area contributed by atoms with Crippen LogP contribution in [0.3, 0.4) is 0 Å². The van der Waals surface area contributed by atoms with E-state index in [1.165, 1.54) is 6.07 Å². The van der Waals surface area contributed by atoms with Crippen LogP contribution in [-0.2, 0) is 0 Å². The van der Waals surface area contributed by atoms with Gasteiger partial charge < -0.3 is 0 Å². The van der Waals surface area contributed by atoms with Gasteiger partial charge in [-0.1, -0.05) is 30.3 Å². The van der Waals surface area contributed by atoms with Crippen LogP contribution in [0.4, 0.5) is 4.39 Å². The molecule has 0 saturated heterocycles. The first kappa shape index (κ1) is 11.5. The van der Waals surface area contributed by atoms with Crippen molar-refractivity contribution in [2.45, 2.75) is 0 Å². The average molecular weight is 251 g/mol. The highest BCUT2D eigenvalue weighted by Crippen LogP contribution is 2.27. The highest BCUT2D eigenvalue weighted by molar-refractivity contribution is 5.94. The van der Waals surface area contributed by atoms with E-state index in [1.54, 1.807) is 18.3 Å². The van der Waals surface area contributed by atoms with E-state index in [2.05, 4.69) is 4.98 Å². The maximum absolute atomic E-state index is 13.4. The third kappa shape index (κ3) is 1.99. The number of para-hydroxylation sites is 1. The molecule has 3 aromatic rings. The molecule has 0 saturated carbocycles. The lowest BCUT2D eigenvalue weighted by Crippen LogP contribution is -1.90. The third-order valence-corrected chi connectivity index (χ3v) is 3.07. The molecule has 1 heterocycles. The Morgan fingerprint density at radius 1 is 1.05 bits per heavy atom. The predicted octanol–water partition coefficient (Wildman–Crippen LogP) is 3.85. The molecule has 19 heavy (non-hydrogen) atoms. The van der Waals surface area contributed by atoms with Crippen LogP contribution in [0.25, 0.3) is 22.0 Å². The molecule has 0 N–H and O–H groups in total. The maximum atomic E-state index is 13.4. The minimum Gasteiger partial charge on any atom is -0.298 e. The Morgan fingerprint density at radius 2 is 1.89 bits per heavy atom. The lowest BCUT2D eigenvalue weighted by Gasteiger charge is -2.06. The molecule has 0 atom stereocenters. The summed E-state index contributed by atoms with van der Waals surface area (Å²) in [6, 6.07) is 14.2. The standard InChI is InChI=1S/C16H10FNO/c17-15-7-6-12(9-13(15)10-19)14-5-1-3-11-4-2-8-18-16(11)14/h1-10H. The van der Waals surface area contributed by atoms with Gasteiger partial charge in [-0.25, -0.2) is 4.39 Å². The van der Waals surface area contributed by atoms with Crippen LogP contribution >= 0.6 is 0 Å². The molecule has 0 bridgehead atoms. The summed E-state index contributed by atoms with van der Waals surface area (Å²) >= 11 is 0. The number of hydrogen-bond acceptors (Lipinski definition) is 2. The Bertz CT molecular complexity index is 762. The van der Waals surface area contributed by atoms with Gasteiger partial charge in [0.15, 0.2) is 6.29 Å². The van der Waals surface area contributed by atoms with Crippen LogP contribution in [0.5, 0.6) is 0 Å². The number of carbonyl (C=O) groups excluding carboxylic acids is 1. The maximum Gasteiger partial charge on any atom is 0.153 e. The lowest BCUT2D eigenvalue weighted by atomic mass is 10.0. The summed E-state index contributed by atoms with van der Waals surface area (Å²) in [7, 11) is 0. The normalized spacial score (nSPS) is 10.6. The van der Waals surface area contributed by atoms with Crippen LogP contribution < -0.4 is 0 Å². The van der Waals surface area contributed by atoms with E-state index in [1.807, 2.05) is 30.3 Å². The first-order valence-electron chi connectivity index (χ1n) is 5.88. The fourth-order valence-corrected chi connectivity index (χ4v) is 2.14. The lowest BCUT2D eigenvalue weighted by molar-refractivity contribution is 0.112. The van der Waals surface area contributed by atoms with Crippen LogP contribution in [0.15, 0.2) is 54.7 Å². The summed E-state index contributed by atoms with van der Waals surface area (Å²) in [4.78, 5) is 15.2. The van der Waals surface area contributed by atoms with Crippen molar-refractivity contribution in [2.24, 2.45) is 0 Å². The first-order valence-corrected chi connectivity index (χ1v) is 5.88. The largest absolute Gasteiger partial charge is 0.298 e. The van der Waals surface area contributed by atoms with Gasteiger partial charge in [0.1, 0.15) is 5.82 Å². The van der Waals surface area contributed by atoms with Crippen molar-refractivity contribution in [3.8, 4) is 11.1 Å². The van der Waals surface area contributed by atoms with Crippen LogP contribution in [0.2, 0.25) is 0 Å². The zero-order chi connectivity index (χ0) is 13.2. The van der Waals surface area contributed by atoms with Gasteiger partial charge in [-0.05, 0) is 23.8 Å². The number of hydrogen-bond donors (Lipinski definition) is 0. The number of rotatable bonds is 2. The van der Waals surface area contributed by atoms with Crippen molar-refractivity contribution < 1.29 is 9.18 Å². The second kappa shape index (κ2) is 4.61. The number of pyridine rings is 1. The number of halogens is 1. The zero-order valence-corrected chi connectivity index (χ0v) is 10.0. The van der Waals surface area contributed by atoms with Gasteiger partial charge in [0.2, 0.25) is 0 Å². The van der Waals surface area contributed by atoms with Gasteiger partial charge in [0.05, 0.1) is 11.1 Å². The molecule has 2 aromatic carbocycles. The van der Waals surface area contributed by atoms with Gasteiger partial charge >= 0.3 is 0 Å². The minimum absolute atomic E-state index is 0.0606. The Hall–Kier alpha value is -2.55. The van der Waals surface area contributed by atoms with Gasteiger partial charge in [-0.2, -0.15) is 0 Å². The van der Waals surface area contributed by atoms with Crippen molar-refractivity contribution >= 4 is 17.2 Å². The van der Waals surface area contributed by atoms with E-state index in [-0.39, 0.29) is 5.56 Å². The van der Waals surface area contributed by atoms with Crippen LogP contribution in [0, 0.1) is 5.82 Å². The Kier molecular flexibility index (Phi) is 2.80. The highest BCUT2D eigenvalue weighted by Gasteiger charge is 2.07. The van der Waals surface area contributed by atoms with E-state index in [4.69, 9.17) is 0 Å². The molecular formula is C16H10FNO. The summed E-state index contributed by atoms with van der Waals surface area (Å²) in [5.74, 6) is -0.507. The summed E-state index contributed by atoms with van der Waals surface area (Å²) in [6.07, 6.45) is 2.24. The fraction of sp³-hybridized carbons (Fsp3) is 0. The molecule has 0 amide bonds. The number of fused-ring (bicyclic) bond motifs is 1. The molecule has 0 spiro atoms. The molecule has 0 radical (unpaired) electrons. The van der Waals surface area contributed by atoms with Crippen molar-refractivity contribution in [2.75, 3.05) is 0 Å². The van der Waals surface area contributed by atoms with Crippen molar-refractivity contribution in [3.05, 3.63) is 66.1 Å². The highest BCUT2D eigenvalue weighted by atomic mass is 19.1. The van der Waals surface area contributed by atoms with Crippen molar-refractivity contribution in [3.63, 3.8) is 0 Å². The Balaban J connectivity index is 2.27. The predicted molar refractivity (Wildman–Crippen MR) is 72.5 cm³/mol. The van der Waals surface area contributed by atoms with E-state index in [9.17, 15) is 9.18 Å². The number of aromatic nitrogens is 1. The van der Waals surface area contributed by atoms with Gasteiger partial charge in [0.25, 0.3) is 0 Å². The van der Waals surface area contributed by atoms with Gasteiger partial charge in [-0.3, -0.25) is 9.78 Å². The number of carbonyl (C=O) groups is 1. The van der Waals surface area contributed by atoms with Gasteiger partial charge in [0, 0.05) is 17.1 Å². The van der Waals surface area contributed by atoms with Gasteiger partial charge in [-0.15, -0.1) is 0 Å². The Labute approximate surface area is 109 Å². The molecule has 0 unspecified atom stereocenters. The third-order valence-electron chi connectivity index (χ3n) is 3.07. The molecule has 0 aliphatic heterocycles. The molecule has 3 rings (SSSR count). The first-order chi connectivity index (χ1) is 9.29. The molecule has 0 aliphatic carbocycles. The second-order valence-corrected chi connectivity index (χ2v) is 4.23. The number of nitrogens with zero attached hydrogens (tertiary/aromatic N) is 1. The van der Waals surface area contributed by atoms with E-state index in [0.29, 0.717) is 6.29 Å². The van der Waals surface area contributed by atoms with E-state index < -0.39 is 5.82 Å². The summed E-state index contributed by atoms with van der Waals surface area (Å²) < 4.78 is 13.4. The van der Waals surface area contributed by atoms with Crippen molar-refractivity contribution in [1.82, 2.24) is 4.98 Å². The fourth-order valence-electron chi connectivity index (χ4n) is 2.14. The smallest absolute Gasteiger partial charge is 0.153 e. The van der Waals surface area contributed by atoms with Crippen LogP contribution in [-0.4, -0.2) is 11.3 Å². The summed E-state index contributed by atoms with van der Waals surface area (Å²) in [6.45, 7) is 0. The SMILES string of the molecule is O=Cc1cc(-c2cccc3cccnc23)ccc1F. The zero-order valence-electron chi connectivity index (χ0n) is 10.0. The Morgan fingerprint density at radius 3 is 2.74 bits per heavy atom. The topological polar surface area (TPSA) is 30.0 Å². The summed E-state index contributed by atoms with van der Waals surface area (Å²) in [5, 5.41) is 1.01. The second-order valence-electron chi connectivity index (χ2n) is 4.23.